The molecular formula is C24H28N4O3. The summed E-state index contributed by atoms with van der Waals surface area (Å²) in [5.41, 5.74) is 3.50. The average Bonchev–Trinajstić information content (AvgIpc) is 3.24. The number of carbonyl (C=O) groups is 1. The maximum absolute atomic E-state index is 12.9. The minimum Gasteiger partial charge on any atom is -0.499 e. The lowest BCUT2D eigenvalue weighted by Gasteiger charge is -2.28. The maximum Gasteiger partial charge on any atom is 0.270 e. The number of nitrogens with one attached hydrogen (secondary N) is 1. The van der Waals surface area contributed by atoms with E-state index in [1.807, 2.05) is 35.2 Å². The molecule has 2 heterocycles. The average molecular weight is 421 g/mol. The third-order valence-electron chi connectivity index (χ3n) is 5.77. The van der Waals surface area contributed by atoms with Crippen molar-refractivity contribution >= 4 is 11.6 Å². The highest BCUT2D eigenvalue weighted by Crippen LogP contribution is 2.22. The largest absolute Gasteiger partial charge is 0.499 e. The molecule has 7 nitrogen and oxygen atoms in total. The van der Waals surface area contributed by atoms with E-state index in [1.54, 1.807) is 19.5 Å². The SMILES string of the molecule is COC1=CN=C(C(=O)N[C@H]2CCCC[C@@H]2O)C=C(Cc2ccc(-n3cccn3)cc2)C1. The Hall–Kier alpha value is -3.19. The minimum absolute atomic E-state index is 0.218. The van der Waals surface area contributed by atoms with Gasteiger partial charge in [-0.15, -0.1) is 0 Å². The predicted octanol–water partition coefficient (Wildman–Crippen LogP) is 3.09. The normalized spacial score (nSPS) is 21.4. The fourth-order valence-electron chi connectivity index (χ4n) is 4.03. The van der Waals surface area contributed by atoms with Gasteiger partial charge in [0.25, 0.3) is 5.91 Å². The highest BCUT2D eigenvalue weighted by atomic mass is 16.5. The number of carbonyl (C=O) groups excluding carboxylic acids is 1. The van der Waals surface area contributed by atoms with Crippen LogP contribution < -0.4 is 5.32 Å². The zero-order chi connectivity index (χ0) is 21.6. The van der Waals surface area contributed by atoms with Crippen molar-refractivity contribution in [2.24, 2.45) is 4.99 Å². The maximum atomic E-state index is 12.9. The first-order valence-electron chi connectivity index (χ1n) is 10.7. The van der Waals surface area contributed by atoms with Gasteiger partial charge >= 0.3 is 0 Å². The molecule has 0 unspecified atom stereocenters. The fourth-order valence-corrected chi connectivity index (χ4v) is 4.03. The molecule has 2 atom stereocenters. The summed E-state index contributed by atoms with van der Waals surface area (Å²) in [6, 6.07) is 9.85. The number of aliphatic hydroxyl groups is 1. The lowest BCUT2D eigenvalue weighted by Crippen LogP contribution is -2.47. The van der Waals surface area contributed by atoms with Crippen molar-refractivity contribution in [3.63, 3.8) is 0 Å². The van der Waals surface area contributed by atoms with Crippen LogP contribution in [-0.2, 0) is 16.0 Å². The first-order valence-corrected chi connectivity index (χ1v) is 10.7. The van der Waals surface area contributed by atoms with Crippen LogP contribution in [0.3, 0.4) is 0 Å². The Labute approximate surface area is 182 Å². The molecule has 1 aliphatic heterocycles. The number of hydrogen-bond donors (Lipinski definition) is 2. The molecule has 0 spiro atoms. The molecule has 1 saturated carbocycles. The van der Waals surface area contributed by atoms with E-state index in [2.05, 4.69) is 27.5 Å². The summed E-state index contributed by atoms with van der Waals surface area (Å²) in [5.74, 6) is 0.450. The molecule has 2 N–H and O–H groups in total. The van der Waals surface area contributed by atoms with Gasteiger partial charge in [-0.3, -0.25) is 4.79 Å². The van der Waals surface area contributed by atoms with E-state index < -0.39 is 6.10 Å². The molecule has 4 rings (SSSR count). The minimum atomic E-state index is -0.495. The number of aliphatic imine (C=N–C) groups is 1. The number of allylic oxidation sites excluding steroid dienone is 1. The van der Waals surface area contributed by atoms with E-state index in [1.165, 1.54) is 0 Å². The summed E-state index contributed by atoms with van der Waals surface area (Å²) in [7, 11) is 1.61. The number of methoxy groups -OCH3 is 1. The van der Waals surface area contributed by atoms with E-state index in [0.29, 0.717) is 24.3 Å². The molecule has 7 heteroatoms. The molecule has 1 amide bonds. The third-order valence-corrected chi connectivity index (χ3v) is 5.77. The molecular weight excluding hydrogens is 392 g/mol. The first-order chi connectivity index (χ1) is 15.1. The Bertz CT molecular complexity index is 990. The van der Waals surface area contributed by atoms with E-state index in [-0.39, 0.29) is 11.9 Å². The number of ether oxygens (including phenoxy) is 1. The van der Waals surface area contributed by atoms with E-state index >= 15 is 0 Å². The van der Waals surface area contributed by atoms with Crippen LogP contribution in [0.1, 0.15) is 37.7 Å². The molecule has 1 aromatic carbocycles. The van der Waals surface area contributed by atoms with Gasteiger partial charge in [-0.2, -0.15) is 5.10 Å². The Morgan fingerprint density at radius 1 is 1.26 bits per heavy atom. The van der Waals surface area contributed by atoms with Crippen LogP contribution in [0.25, 0.3) is 5.69 Å². The van der Waals surface area contributed by atoms with Gasteiger partial charge in [0.05, 0.1) is 31.1 Å². The summed E-state index contributed by atoms with van der Waals surface area (Å²) >= 11 is 0. The molecule has 162 valence electrons. The van der Waals surface area contributed by atoms with Crippen LogP contribution in [0.2, 0.25) is 0 Å². The molecule has 2 aromatic rings. The highest BCUT2D eigenvalue weighted by Gasteiger charge is 2.26. The summed E-state index contributed by atoms with van der Waals surface area (Å²) < 4.78 is 7.25. The van der Waals surface area contributed by atoms with Gasteiger partial charge in [-0.25, -0.2) is 9.67 Å². The van der Waals surface area contributed by atoms with Gasteiger partial charge < -0.3 is 15.2 Å². The Morgan fingerprint density at radius 2 is 2.06 bits per heavy atom. The molecule has 1 aromatic heterocycles. The van der Waals surface area contributed by atoms with E-state index in [9.17, 15) is 9.90 Å². The number of hydrogen-bond acceptors (Lipinski definition) is 5. The molecule has 1 aliphatic carbocycles. The Balaban J connectivity index is 1.49. The molecule has 0 saturated heterocycles. The van der Waals surface area contributed by atoms with Gasteiger partial charge in [0.1, 0.15) is 11.5 Å². The monoisotopic (exact) mass is 420 g/mol. The second kappa shape index (κ2) is 9.75. The van der Waals surface area contributed by atoms with Crippen LogP contribution in [0.5, 0.6) is 0 Å². The lowest BCUT2D eigenvalue weighted by molar-refractivity contribution is -0.116. The molecule has 0 radical (unpaired) electrons. The van der Waals surface area contributed by atoms with Crippen molar-refractivity contribution < 1.29 is 14.6 Å². The fraction of sp³-hybridized carbons (Fsp3) is 0.375. The predicted molar refractivity (Wildman–Crippen MR) is 119 cm³/mol. The second-order valence-electron chi connectivity index (χ2n) is 8.02. The third kappa shape index (κ3) is 5.30. The zero-order valence-electron chi connectivity index (χ0n) is 17.7. The molecule has 31 heavy (non-hydrogen) atoms. The van der Waals surface area contributed by atoms with Crippen molar-refractivity contribution in [1.29, 1.82) is 0 Å². The van der Waals surface area contributed by atoms with Crippen LogP contribution in [0.4, 0.5) is 0 Å². The van der Waals surface area contributed by atoms with Crippen molar-refractivity contribution in [3.8, 4) is 5.69 Å². The van der Waals surface area contributed by atoms with Gasteiger partial charge in [0, 0.05) is 18.8 Å². The number of benzene rings is 1. The molecule has 2 aliphatic rings. The van der Waals surface area contributed by atoms with Crippen LogP contribution in [0, 0.1) is 0 Å². The van der Waals surface area contributed by atoms with Crippen molar-refractivity contribution in [1.82, 2.24) is 15.1 Å². The number of rotatable bonds is 6. The topological polar surface area (TPSA) is 88.7 Å². The quantitative estimate of drug-likeness (QED) is 0.752. The van der Waals surface area contributed by atoms with E-state index in [0.717, 1.165) is 42.5 Å². The number of amides is 1. The molecule has 0 bridgehead atoms. The Morgan fingerprint density at radius 3 is 2.77 bits per heavy atom. The second-order valence-corrected chi connectivity index (χ2v) is 8.02. The standard InChI is InChI=1S/C24H28N4O3/c1-31-20-14-18(13-17-7-9-19(10-8-17)28-12-4-11-26-28)15-22(25-16-20)24(30)27-21-5-2-3-6-23(21)29/h4,7-12,15-16,21,23,29H,2-3,5-6,13-14H2,1H3,(H,27,30)/t21-,23-/m0/s1. The first kappa shape index (κ1) is 21.1. The van der Waals surface area contributed by atoms with Crippen molar-refractivity contribution in [3.05, 3.63) is 71.9 Å². The van der Waals surface area contributed by atoms with Crippen LogP contribution in [0.15, 0.2) is 71.3 Å². The summed E-state index contributed by atoms with van der Waals surface area (Å²) in [6.45, 7) is 0. The van der Waals surface area contributed by atoms with E-state index in [4.69, 9.17) is 4.74 Å². The van der Waals surface area contributed by atoms with Gasteiger partial charge in [0.15, 0.2) is 0 Å². The van der Waals surface area contributed by atoms with Crippen molar-refractivity contribution in [2.45, 2.75) is 50.7 Å². The highest BCUT2D eigenvalue weighted by molar-refractivity contribution is 6.43. The summed E-state index contributed by atoms with van der Waals surface area (Å²) in [4.78, 5) is 17.2. The lowest BCUT2D eigenvalue weighted by atomic mass is 9.92. The summed E-state index contributed by atoms with van der Waals surface area (Å²) in [5, 5.41) is 17.4. The van der Waals surface area contributed by atoms with Crippen molar-refractivity contribution in [2.75, 3.05) is 7.11 Å². The van der Waals surface area contributed by atoms with Crippen LogP contribution in [-0.4, -0.2) is 45.8 Å². The smallest absolute Gasteiger partial charge is 0.270 e. The number of nitrogens with zero attached hydrogens (tertiary/aromatic N) is 3. The molecule has 1 fully saturated rings. The number of aromatic nitrogens is 2. The van der Waals surface area contributed by atoms with Gasteiger partial charge in [-0.05, 0) is 49.1 Å². The van der Waals surface area contributed by atoms with Gasteiger partial charge in [0.2, 0.25) is 0 Å². The zero-order valence-corrected chi connectivity index (χ0v) is 17.7. The summed E-state index contributed by atoms with van der Waals surface area (Å²) in [6.07, 6.45) is 11.4. The van der Waals surface area contributed by atoms with Crippen LogP contribution >= 0.6 is 0 Å². The van der Waals surface area contributed by atoms with Gasteiger partial charge in [-0.1, -0.05) is 30.5 Å². The number of aliphatic hydroxyl groups excluding tert-OH is 1. The Kier molecular flexibility index (Phi) is 6.62.